The third-order valence-electron chi connectivity index (χ3n) is 10.3. The average molecular weight is 787 g/mol. The van der Waals surface area contributed by atoms with E-state index in [1.165, 1.54) is 21.9 Å². The van der Waals surface area contributed by atoms with Crippen LogP contribution in [-0.2, 0) is 51.8 Å². The highest BCUT2D eigenvalue weighted by Gasteiger charge is 2.62. The van der Waals surface area contributed by atoms with Crippen molar-refractivity contribution in [2.24, 2.45) is 5.92 Å². The summed E-state index contributed by atoms with van der Waals surface area (Å²) in [5, 5.41) is 4.58. The van der Waals surface area contributed by atoms with Crippen LogP contribution in [0.2, 0.25) is 0 Å². The summed E-state index contributed by atoms with van der Waals surface area (Å²) in [6, 6.07) is 1.71. The van der Waals surface area contributed by atoms with Crippen molar-refractivity contribution in [2.45, 2.75) is 107 Å². The predicted octanol–water partition coefficient (Wildman–Crippen LogP) is 1.99. The van der Waals surface area contributed by atoms with E-state index < -0.39 is 92.2 Å². The molecular formula is C37H47FN6O10S. The number of carbonyl (C=O) groups is 6. The molecule has 1 unspecified atom stereocenters. The van der Waals surface area contributed by atoms with Gasteiger partial charge in [0.1, 0.15) is 35.1 Å². The summed E-state index contributed by atoms with van der Waals surface area (Å²) in [7, 11) is -3.98. The molecule has 5 atom stereocenters. The number of amides is 6. The number of nitrogens with zero attached hydrogens (tertiary/aromatic N) is 3. The Bertz CT molecular complexity index is 1910. The first-order valence-electron chi connectivity index (χ1n) is 18.4. The molecule has 16 nitrogen and oxygen atoms in total. The van der Waals surface area contributed by atoms with Gasteiger partial charge in [0.05, 0.1) is 24.9 Å². The number of fused-ring (bicyclic) bond motifs is 3. The topological polar surface area (TPSA) is 201 Å². The molecule has 0 aromatic heterocycles. The molecule has 1 aromatic rings. The minimum Gasteiger partial charge on any atom is -0.444 e. The van der Waals surface area contributed by atoms with Crippen molar-refractivity contribution in [3.8, 4) is 0 Å². The van der Waals surface area contributed by atoms with Crippen molar-refractivity contribution in [1.29, 1.82) is 0 Å². The number of rotatable bonds is 6. The van der Waals surface area contributed by atoms with Crippen LogP contribution in [0.4, 0.5) is 14.0 Å². The molecule has 0 radical (unpaired) electrons. The highest BCUT2D eigenvalue weighted by atomic mass is 32.2. The van der Waals surface area contributed by atoms with Crippen molar-refractivity contribution in [3.63, 3.8) is 0 Å². The Morgan fingerprint density at radius 3 is 2.51 bits per heavy atom. The minimum absolute atomic E-state index is 0.0501. The van der Waals surface area contributed by atoms with E-state index in [1.807, 2.05) is 0 Å². The lowest BCUT2D eigenvalue weighted by Crippen LogP contribution is -2.60. The van der Waals surface area contributed by atoms with Gasteiger partial charge in [-0.3, -0.25) is 28.8 Å². The molecule has 1 aromatic carbocycles. The second-order valence-electron chi connectivity index (χ2n) is 15.7. The van der Waals surface area contributed by atoms with Crippen LogP contribution >= 0.6 is 0 Å². The van der Waals surface area contributed by atoms with Crippen molar-refractivity contribution in [3.05, 3.63) is 60.0 Å². The van der Waals surface area contributed by atoms with Crippen LogP contribution < -0.4 is 15.4 Å². The fourth-order valence-electron chi connectivity index (χ4n) is 7.21. The van der Waals surface area contributed by atoms with E-state index in [1.54, 1.807) is 39.0 Å². The Labute approximate surface area is 318 Å². The van der Waals surface area contributed by atoms with Gasteiger partial charge in [-0.1, -0.05) is 30.9 Å². The van der Waals surface area contributed by atoms with Gasteiger partial charge in [-0.05, 0) is 70.6 Å². The lowest BCUT2D eigenvalue weighted by Gasteiger charge is -2.32. The smallest absolute Gasteiger partial charge is 0.410 e. The first-order chi connectivity index (χ1) is 25.9. The molecule has 0 spiro atoms. The minimum atomic E-state index is -3.98. The fourth-order valence-corrected chi connectivity index (χ4v) is 8.57. The van der Waals surface area contributed by atoms with Crippen LogP contribution in [0.5, 0.6) is 0 Å². The molecular weight excluding hydrogens is 740 g/mol. The quantitative estimate of drug-likeness (QED) is 0.283. The zero-order valence-corrected chi connectivity index (χ0v) is 31.9. The molecule has 6 rings (SSSR count). The summed E-state index contributed by atoms with van der Waals surface area (Å²) in [5.41, 5.74) is -1.64. The predicted molar refractivity (Wildman–Crippen MR) is 193 cm³/mol. The summed E-state index contributed by atoms with van der Waals surface area (Å²) < 4.78 is 53.5. The van der Waals surface area contributed by atoms with E-state index in [2.05, 4.69) is 21.9 Å². The molecule has 2 saturated carbocycles. The zero-order valence-electron chi connectivity index (χ0n) is 31.0. The number of alkyl carbamates (subject to hydrolysis) is 1. The third kappa shape index (κ3) is 8.95. The Kier molecular flexibility index (Phi) is 11.0. The van der Waals surface area contributed by atoms with Gasteiger partial charge < -0.3 is 29.9 Å². The Morgan fingerprint density at radius 2 is 1.84 bits per heavy atom. The second kappa shape index (κ2) is 15.3. The van der Waals surface area contributed by atoms with Gasteiger partial charge in [0.2, 0.25) is 27.7 Å². The number of allylic oxidation sites excluding steroid dienone is 1. The number of hydrogen-bond acceptors (Lipinski definition) is 10. The molecule has 1 saturated heterocycles. The van der Waals surface area contributed by atoms with Crippen molar-refractivity contribution >= 4 is 45.8 Å². The van der Waals surface area contributed by atoms with Gasteiger partial charge in [-0.15, -0.1) is 0 Å². The molecule has 55 heavy (non-hydrogen) atoms. The number of halogens is 1. The van der Waals surface area contributed by atoms with Gasteiger partial charge in [0, 0.05) is 31.0 Å². The summed E-state index contributed by atoms with van der Waals surface area (Å²) in [6.07, 6.45) is 3.24. The fraction of sp³-hybridized carbons (Fsp3) is 0.568. The Morgan fingerprint density at radius 1 is 1.09 bits per heavy atom. The van der Waals surface area contributed by atoms with Gasteiger partial charge in [-0.25, -0.2) is 22.4 Å². The summed E-state index contributed by atoms with van der Waals surface area (Å²) >= 11 is 0. The molecule has 298 valence electrons. The molecule has 5 aliphatic rings. The number of nitrogens with one attached hydrogen (secondary N) is 3. The van der Waals surface area contributed by atoms with E-state index in [0.29, 0.717) is 36.8 Å². The van der Waals surface area contributed by atoms with Crippen LogP contribution in [0.1, 0.15) is 70.4 Å². The number of carbonyl (C=O) groups excluding carboxylic acids is 6. The summed E-state index contributed by atoms with van der Waals surface area (Å²) in [6.45, 7) is 7.99. The molecule has 6 amide bonds. The standard InChI is InChI=1S/C37H47FN6O10S/c1-5-30(45)42-15-8-6-7-11-23-17-37(23,33(48)41-55(51,52)25-13-14-25)40-31(46)29-16-24(53-35(50)43-18-22-10-9-12-27(38)26(22)20-43)19-44(29)32(47)28(21-42)39-34(49)54-36(2,3)4/h5,7,9-12,23-25,28-29H,1,6,8,13-21H2,2-4H3,(H,39,49)(H,40,46)(H,41,48)/b11-7-/t23-,24-,28+,29?,37-/m1/s1. The van der Waals surface area contributed by atoms with Crippen LogP contribution in [0.25, 0.3) is 0 Å². The lowest BCUT2D eigenvalue weighted by atomic mass is 10.1. The van der Waals surface area contributed by atoms with E-state index >= 15 is 0 Å². The zero-order chi connectivity index (χ0) is 39.9. The van der Waals surface area contributed by atoms with E-state index in [4.69, 9.17) is 9.47 Å². The molecule has 3 heterocycles. The third-order valence-corrected chi connectivity index (χ3v) is 12.1. The highest BCUT2D eigenvalue weighted by molar-refractivity contribution is 7.91. The van der Waals surface area contributed by atoms with Crippen LogP contribution in [0, 0.1) is 11.7 Å². The van der Waals surface area contributed by atoms with Gasteiger partial charge in [0.15, 0.2) is 0 Å². The molecule has 3 fully saturated rings. The maximum atomic E-state index is 14.6. The van der Waals surface area contributed by atoms with Crippen molar-refractivity contribution < 1.29 is 51.0 Å². The average Bonchev–Trinajstić information content (AvgIpc) is 3.99. The van der Waals surface area contributed by atoms with Gasteiger partial charge in [-0.2, -0.15) is 0 Å². The Balaban J connectivity index is 1.31. The molecule has 2 aliphatic carbocycles. The first-order valence-corrected chi connectivity index (χ1v) is 19.9. The molecule has 3 N–H and O–H groups in total. The highest BCUT2D eigenvalue weighted by Crippen LogP contribution is 2.46. The molecule has 0 bridgehead atoms. The van der Waals surface area contributed by atoms with Crippen LogP contribution in [0.15, 0.2) is 43.0 Å². The number of ether oxygens (including phenoxy) is 2. The summed E-state index contributed by atoms with van der Waals surface area (Å²) in [5.74, 6) is -4.10. The number of sulfonamides is 1. The van der Waals surface area contributed by atoms with Gasteiger partial charge in [0.25, 0.3) is 5.91 Å². The first kappa shape index (κ1) is 39.7. The molecule has 18 heteroatoms. The summed E-state index contributed by atoms with van der Waals surface area (Å²) in [4.78, 5) is 85.8. The van der Waals surface area contributed by atoms with Crippen LogP contribution in [0.3, 0.4) is 0 Å². The van der Waals surface area contributed by atoms with Gasteiger partial charge >= 0.3 is 12.2 Å². The Hall–Kier alpha value is -5.00. The SMILES string of the molecule is C=CC(=O)N1CCC/C=C\[C@@H]2C[C@@]2(C(=O)NS(=O)(=O)C2CC2)NC(=O)C2C[C@@H](OC(=O)N3Cc4cccc(F)c4C3)CN2C(=O)[C@@H](NC(=O)OC(C)(C)C)C1. The second-order valence-corrected chi connectivity index (χ2v) is 17.6. The van der Waals surface area contributed by atoms with E-state index in [0.717, 1.165) is 11.0 Å². The molecule has 3 aliphatic heterocycles. The van der Waals surface area contributed by atoms with Crippen LogP contribution in [-0.4, -0.2) is 113 Å². The lowest BCUT2D eigenvalue weighted by molar-refractivity contribution is -0.142. The van der Waals surface area contributed by atoms with Crippen molar-refractivity contribution in [1.82, 2.24) is 30.1 Å². The number of benzene rings is 1. The number of hydrogen-bond donors (Lipinski definition) is 3. The normalized spacial score (nSPS) is 27.6. The van der Waals surface area contributed by atoms with Crippen molar-refractivity contribution in [2.75, 3.05) is 19.6 Å². The van der Waals surface area contributed by atoms with E-state index in [-0.39, 0.29) is 45.6 Å². The maximum Gasteiger partial charge on any atom is 0.410 e. The van der Waals surface area contributed by atoms with E-state index in [9.17, 15) is 41.6 Å². The monoisotopic (exact) mass is 786 g/mol. The largest absolute Gasteiger partial charge is 0.444 e. The maximum absolute atomic E-state index is 14.6.